The molecule has 1 aliphatic rings. The topological polar surface area (TPSA) is 116 Å². The second-order valence-corrected chi connectivity index (χ2v) is 8.52. The maximum Gasteiger partial charge on any atom is 0.321 e. The summed E-state index contributed by atoms with van der Waals surface area (Å²) in [6.45, 7) is 4.85. The van der Waals surface area contributed by atoms with E-state index in [4.69, 9.17) is 5.11 Å². The number of benzene rings is 1. The van der Waals surface area contributed by atoms with Gasteiger partial charge in [0, 0.05) is 25.3 Å². The van der Waals surface area contributed by atoms with Gasteiger partial charge in [-0.1, -0.05) is 19.4 Å². The molecule has 0 saturated carbocycles. The number of unbranched alkanes of at least 4 members (excludes halogenated alkanes) is 1. The third-order valence-electron chi connectivity index (χ3n) is 4.71. The zero-order chi connectivity index (χ0) is 20.0. The van der Waals surface area contributed by atoms with Crippen molar-refractivity contribution < 1.29 is 23.1 Å². The minimum Gasteiger partial charge on any atom is -0.481 e. The minimum atomic E-state index is -3.63. The zero-order valence-corrected chi connectivity index (χ0v) is 16.5. The summed E-state index contributed by atoms with van der Waals surface area (Å²) in [6, 6.07) is 4.26. The van der Waals surface area contributed by atoms with Gasteiger partial charge in [0.25, 0.3) is 0 Å². The predicted octanol–water partition coefficient (Wildman–Crippen LogP) is 2.40. The predicted molar refractivity (Wildman–Crippen MR) is 102 cm³/mol. The average molecular weight is 397 g/mol. The highest BCUT2D eigenvalue weighted by molar-refractivity contribution is 7.89. The van der Waals surface area contributed by atoms with Crippen molar-refractivity contribution in [2.75, 3.05) is 25.0 Å². The van der Waals surface area contributed by atoms with E-state index in [1.165, 1.54) is 12.1 Å². The number of anilines is 1. The minimum absolute atomic E-state index is 0.101. The van der Waals surface area contributed by atoms with Gasteiger partial charge in [0.2, 0.25) is 10.0 Å². The molecule has 0 aliphatic carbocycles. The van der Waals surface area contributed by atoms with Crippen LogP contribution in [0.25, 0.3) is 0 Å². The summed E-state index contributed by atoms with van der Waals surface area (Å²) in [5.41, 5.74) is 1.18. The number of hydrogen-bond acceptors (Lipinski definition) is 4. The molecule has 0 radical (unpaired) electrons. The SMILES string of the molecule is CCCCNS(=O)(=O)c1ccc(C)c(NC(=O)N2CCC(C(=O)O)CC2)c1. The molecule has 1 heterocycles. The summed E-state index contributed by atoms with van der Waals surface area (Å²) in [7, 11) is -3.63. The number of urea groups is 1. The monoisotopic (exact) mass is 397 g/mol. The van der Waals surface area contributed by atoms with Gasteiger partial charge in [-0.05, 0) is 43.9 Å². The van der Waals surface area contributed by atoms with Gasteiger partial charge in [0.1, 0.15) is 0 Å². The number of carboxylic acids is 1. The van der Waals surface area contributed by atoms with Gasteiger partial charge < -0.3 is 15.3 Å². The summed E-state index contributed by atoms with van der Waals surface area (Å²) in [5.74, 6) is -1.25. The van der Waals surface area contributed by atoms with Crippen molar-refractivity contribution in [2.45, 2.75) is 44.4 Å². The molecular formula is C18H27N3O5S. The molecule has 2 rings (SSSR count). The highest BCUT2D eigenvalue weighted by atomic mass is 32.2. The molecule has 8 nitrogen and oxygen atoms in total. The molecule has 1 aliphatic heterocycles. The van der Waals surface area contributed by atoms with Gasteiger partial charge in [-0.25, -0.2) is 17.9 Å². The Balaban J connectivity index is 2.06. The zero-order valence-electron chi connectivity index (χ0n) is 15.7. The second kappa shape index (κ2) is 9.18. The molecular weight excluding hydrogens is 370 g/mol. The lowest BCUT2D eigenvalue weighted by atomic mass is 9.97. The third kappa shape index (κ3) is 5.67. The Morgan fingerprint density at radius 3 is 2.52 bits per heavy atom. The molecule has 0 spiro atoms. The molecule has 1 aromatic carbocycles. The van der Waals surface area contributed by atoms with Crippen molar-refractivity contribution in [1.29, 1.82) is 0 Å². The van der Waals surface area contributed by atoms with Crippen LogP contribution in [0.5, 0.6) is 0 Å². The first kappa shape index (κ1) is 21.2. The Labute approximate surface area is 160 Å². The Morgan fingerprint density at radius 1 is 1.26 bits per heavy atom. The number of amides is 2. The first-order chi connectivity index (χ1) is 12.7. The Bertz CT molecular complexity index is 786. The van der Waals surface area contributed by atoms with Crippen molar-refractivity contribution in [3.8, 4) is 0 Å². The van der Waals surface area contributed by atoms with Crippen LogP contribution >= 0.6 is 0 Å². The lowest BCUT2D eigenvalue weighted by Gasteiger charge is -2.30. The van der Waals surface area contributed by atoms with Crippen LogP contribution in [0.3, 0.4) is 0 Å². The number of aliphatic carboxylic acids is 1. The summed E-state index contributed by atoms with van der Waals surface area (Å²) < 4.78 is 27.3. The Morgan fingerprint density at radius 2 is 1.93 bits per heavy atom. The van der Waals surface area contributed by atoms with Crippen LogP contribution in [0.2, 0.25) is 0 Å². The molecule has 0 atom stereocenters. The van der Waals surface area contributed by atoms with Crippen LogP contribution in [-0.4, -0.2) is 50.1 Å². The van der Waals surface area contributed by atoms with Crippen molar-refractivity contribution >= 4 is 27.7 Å². The summed E-state index contributed by atoms with van der Waals surface area (Å²) >= 11 is 0. The molecule has 27 heavy (non-hydrogen) atoms. The highest BCUT2D eigenvalue weighted by Crippen LogP contribution is 2.22. The number of likely N-dealkylation sites (tertiary alicyclic amines) is 1. The van der Waals surface area contributed by atoms with E-state index < -0.39 is 21.9 Å². The van der Waals surface area contributed by atoms with E-state index in [0.717, 1.165) is 18.4 Å². The van der Waals surface area contributed by atoms with Crippen LogP contribution < -0.4 is 10.0 Å². The summed E-state index contributed by atoms with van der Waals surface area (Å²) in [6.07, 6.45) is 2.46. The third-order valence-corrected chi connectivity index (χ3v) is 6.17. The van der Waals surface area contributed by atoms with E-state index in [1.807, 2.05) is 6.92 Å². The molecule has 1 saturated heterocycles. The average Bonchev–Trinajstić information content (AvgIpc) is 2.63. The fourth-order valence-electron chi connectivity index (χ4n) is 2.89. The van der Waals surface area contributed by atoms with E-state index in [-0.39, 0.29) is 10.9 Å². The first-order valence-corrected chi connectivity index (χ1v) is 10.6. The second-order valence-electron chi connectivity index (χ2n) is 6.76. The van der Waals surface area contributed by atoms with Crippen LogP contribution in [0, 0.1) is 12.8 Å². The molecule has 0 aromatic heterocycles. The smallest absolute Gasteiger partial charge is 0.321 e. The van der Waals surface area contributed by atoms with Crippen LogP contribution in [0.4, 0.5) is 10.5 Å². The van der Waals surface area contributed by atoms with Crippen LogP contribution in [0.15, 0.2) is 23.1 Å². The molecule has 150 valence electrons. The van der Waals surface area contributed by atoms with E-state index in [2.05, 4.69) is 10.0 Å². The Hall–Kier alpha value is -2.13. The fraction of sp³-hybridized carbons (Fsp3) is 0.556. The number of hydrogen-bond donors (Lipinski definition) is 3. The number of carbonyl (C=O) groups is 2. The molecule has 2 amide bonds. The number of carbonyl (C=O) groups excluding carboxylic acids is 1. The molecule has 1 aromatic rings. The van der Waals surface area contributed by atoms with E-state index in [1.54, 1.807) is 17.9 Å². The van der Waals surface area contributed by atoms with Crippen molar-refractivity contribution in [1.82, 2.24) is 9.62 Å². The molecule has 0 bridgehead atoms. The lowest BCUT2D eigenvalue weighted by molar-refractivity contribution is -0.143. The normalized spacial score (nSPS) is 15.6. The van der Waals surface area contributed by atoms with E-state index in [0.29, 0.717) is 38.2 Å². The molecule has 3 N–H and O–H groups in total. The van der Waals surface area contributed by atoms with Crippen molar-refractivity contribution in [3.63, 3.8) is 0 Å². The number of rotatable bonds is 7. The molecule has 0 unspecified atom stereocenters. The first-order valence-electron chi connectivity index (χ1n) is 9.13. The maximum absolute atomic E-state index is 12.5. The van der Waals surface area contributed by atoms with Gasteiger partial charge >= 0.3 is 12.0 Å². The van der Waals surface area contributed by atoms with Crippen molar-refractivity contribution in [2.24, 2.45) is 5.92 Å². The number of sulfonamides is 1. The van der Waals surface area contributed by atoms with E-state index in [9.17, 15) is 18.0 Å². The Kier molecular flexibility index (Phi) is 7.20. The largest absolute Gasteiger partial charge is 0.481 e. The lowest BCUT2D eigenvalue weighted by Crippen LogP contribution is -2.42. The fourth-order valence-corrected chi connectivity index (χ4v) is 3.99. The maximum atomic E-state index is 12.5. The number of nitrogens with zero attached hydrogens (tertiary/aromatic N) is 1. The van der Waals surface area contributed by atoms with Gasteiger partial charge in [-0.2, -0.15) is 0 Å². The standard InChI is InChI=1S/C18H27N3O5S/c1-3-4-9-19-27(25,26)15-6-5-13(2)16(12-15)20-18(24)21-10-7-14(8-11-21)17(22)23/h5-6,12,14,19H,3-4,7-11H2,1-2H3,(H,20,24)(H,22,23). The van der Waals surface area contributed by atoms with Gasteiger partial charge in [0.05, 0.1) is 10.8 Å². The van der Waals surface area contributed by atoms with Crippen LogP contribution in [-0.2, 0) is 14.8 Å². The van der Waals surface area contributed by atoms with Gasteiger partial charge in [-0.15, -0.1) is 0 Å². The quantitative estimate of drug-likeness (QED) is 0.611. The molecule has 1 fully saturated rings. The molecule has 9 heteroatoms. The number of aryl methyl sites for hydroxylation is 1. The highest BCUT2D eigenvalue weighted by Gasteiger charge is 2.27. The number of nitrogens with one attached hydrogen (secondary N) is 2. The number of carboxylic acid groups (broad SMARTS) is 1. The summed E-state index contributed by atoms with van der Waals surface area (Å²) in [5, 5.41) is 11.8. The van der Waals surface area contributed by atoms with Gasteiger partial charge in [0.15, 0.2) is 0 Å². The number of piperidine rings is 1. The van der Waals surface area contributed by atoms with Gasteiger partial charge in [-0.3, -0.25) is 4.79 Å². The summed E-state index contributed by atoms with van der Waals surface area (Å²) in [4.78, 5) is 25.1. The van der Waals surface area contributed by atoms with Crippen LogP contribution in [0.1, 0.15) is 38.2 Å². The van der Waals surface area contributed by atoms with Crippen molar-refractivity contribution in [3.05, 3.63) is 23.8 Å². The van der Waals surface area contributed by atoms with E-state index >= 15 is 0 Å².